The third kappa shape index (κ3) is 2.59. The van der Waals surface area contributed by atoms with E-state index in [0.29, 0.717) is 0 Å². The van der Waals surface area contributed by atoms with E-state index in [1.54, 1.807) is 13.4 Å². The Kier molecular flexibility index (Phi) is 3.81. The molecule has 0 aliphatic carbocycles. The second-order valence-corrected chi connectivity index (χ2v) is 5.04. The summed E-state index contributed by atoms with van der Waals surface area (Å²) < 4.78 is 5.21. The highest BCUT2D eigenvalue weighted by Gasteiger charge is 2.16. The molecule has 2 heterocycles. The van der Waals surface area contributed by atoms with Gasteiger partial charge in [0.05, 0.1) is 7.11 Å². The molecule has 104 valence electrons. The van der Waals surface area contributed by atoms with Crippen molar-refractivity contribution in [1.82, 2.24) is 9.97 Å². The predicted octanol–water partition coefficient (Wildman–Crippen LogP) is 3.14. The maximum absolute atomic E-state index is 5.21. The number of methoxy groups -OCH3 is 1. The molecule has 4 nitrogen and oxygen atoms in total. The van der Waals surface area contributed by atoms with Crippen molar-refractivity contribution in [2.45, 2.75) is 19.3 Å². The number of nitrogens with zero attached hydrogens (tertiary/aromatic N) is 3. The van der Waals surface area contributed by atoms with Gasteiger partial charge in [0.1, 0.15) is 17.9 Å². The van der Waals surface area contributed by atoms with E-state index < -0.39 is 0 Å². The molecule has 3 rings (SSSR count). The molecule has 0 saturated carbocycles. The van der Waals surface area contributed by atoms with Gasteiger partial charge >= 0.3 is 0 Å². The van der Waals surface area contributed by atoms with Crippen LogP contribution in [0.25, 0.3) is 11.1 Å². The van der Waals surface area contributed by atoms with Gasteiger partial charge in [-0.2, -0.15) is 0 Å². The minimum absolute atomic E-state index is 0.866. The molecule has 0 unspecified atom stereocenters. The zero-order chi connectivity index (χ0) is 13.8. The van der Waals surface area contributed by atoms with Gasteiger partial charge in [0.2, 0.25) is 0 Å². The maximum atomic E-state index is 5.21. The van der Waals surface area contributed by atoms with Crippen LogP contribution in [0.5, 0.6) is 5.75 Å². The molecule has 0 radical (unpaired) electrons. The van der Waals surface area contributed by atoms with Gasteiger partial charge < -0.3 is 9.64 Å². The lowest BCUT2D eigenvalue weighted by Gasteiger charge is -2.29. The predicted molar refractivity (Wildman–Crippen MR) is 80.1 cm³/mol. The Balaban J connectivity index is 1.95. The van der Waals surface area contributed by atoms with Crippen LogP contribution in [0.15, 0.2) is 36.8 Å². The zero-order valence-corrected chi connectivity index (χ0v) is 11.7. The molecule has 1 aromatic heterocycles. The summed E-state index contributed by atoms with van der Waals surface area (Å²) in [5.74, 6) is 1.91. The van der Waals surface area contributed by atoms with Gasteiger partial charge in [0, 0.05) is 24.8 Å². The second kappa shape index (κ2) is 5.90. The first kappa shape index (κ1) is 12.9. The molecular formula is C16H19N3O. The Morgan fingerprint density at radius 3 is 2.50 bits per heavy atom. The Morgan fingerprint density at radius 1 is 1.05 bits per heavy atom. The molecule has 0 N–H and O–H groups in total. The molecule has 2 aromatic rings. The van der Waals surface area contributed by atoms with Crippen molar-refractivity contribution >= 4 is 5.82 Å². The summed E-state index contributed by atoms with van der Waals surface area (Å²) in [6.45, 7) is 2.17. The van der Waals surface area contributed by atoms with E-state index in [9.17, 15) is 0 Å². The summed E-state index contributed by atoms with van der Waals surface area (Å²) in [6.07, 6.45) is 7.34. The number of piperidine rings is 1. The van der Waals surface area contributed by atoms with Crippen LogP contribution in [0.2, 0.25) is 0 Å². The number of anilines is 1. The van der Waals surface area contributed by atoms with E-state index in [-0.39, 0.29) is 0 Å². The quantitative estimate of drug-likeness (QED) is 0.858. The van der Waals surface area contributed by atoms with Crippen LogP contribution in [-0.4, -0.2) is 30.2 Å². The monoisotopic (exact) mass is 269 g/mol. The van der Waals surface area contributed by atoms with Crippen LogP contribution in [0.1, 0.15) is 19.3 Å². The molecule has 0 bridgehead atoms. The summed E-state index contributed by atoms with van der Waals surface area (Å²) in [5, 5.41) is 0. The molecule has 1 fully saturated rings. The van der Waals surface area contributed by atoms with Gasteiger partial charge in [-0.25, -0.2) is 9.97 Å². The van der Waals surface area contributed by atoms with Crippen LogP contribution in [0, 0.1) is 0 Å². The molecule has 20 heavy (non-hydrogen) atoms. The fraction of sp³-hybridized carbons (Fsp3) is 0.375. The molecule has 4 heteroatoms. The highest BCUT2D eigenvalue weighted by molar-refractivity contribution is 5.75. The van der Waals surface area contributed by atoms with E-state index in [1.165, 1.54) is 19.3 Å². The van der Waals surface area contributed by atoms with Gasteiger partial charge in [-0.15, -0.1) is 0 Å². The maximum Gasteiger partial charge on any atom is 0.139 e. The summed E-state index contributed by atoms with van der Waals surface area (Å²) in [6, 6.07) is 8.07. The molecule has 1 aromatic carbocycles. The fourth-order valence-electron chi connectivity index (χ4n) is 2.66. The fourth-order valence-corrected chi connectivity index (χ4v) is 2.66. The average Bonchev–Trinajstić information content (AvgIpc) is 2.56. The highest BCUT2D eigenvalue weighted by atomic mass is 16.5. The van der Waals surface area contributed by atoms with Gasteiger partial charge in [-0.05, 0) is 37.0 Å². The summed E-state index contributed by atoms with van der Waals surface area (Å²) in [5.41, 5.74) is 2.23. The Labute approximate surface area is 119 Å². The first-order chi connectivity index (χ1) is 9.88. The van der Waals surface area contributed by atoms with Gasteiger partial charge in [-0.1, -0.05) is 12.1 Å². The number of aromatic nitrogens is 2. The Bertz CT molecular complexity index is 562. The minimum atomic E-state index is 0.866. The van der Waals surface area contributed by atoms with Crippen LogP contribution >= 0.6 is 0 Å². The Morgan fingerprint density at radius 2 is 1.80 bits per heavy atom. The SMILES string of the molecule is COc1ccc(-c2cncnc2N2CCCCC2)cc1. The van der Waals surface area contributed by atoms with Crippen molar-refractivity contribution in [1.29, 1.82) is 0 Å². The Hall–Kier alpha value is -2.10. The third-order valence-corrected chi connectivity index (χ3v) is 3.75. The van der Waals surface area contributed by atoms with E-state index >= 15 is 0 Å². The van der Waals surface area contributed by atoms with Gasteiger partial charge in [0.15, 0.2) is 0 Å². The molecule has 1 aliphatic rings. The van der Waals surface area contributed by atoms with E-state index in [1.807, 2.05) is 18.3 Å². The van der Waals surface area contributed by atoms with Crippen LogP contribution < -0.4 is 9.64 Å². The smallest absolute Gasteiger partial charge is 0.139 e. The molecule has 0 amide bonds. The van der Waals surface area contributed by atoms with Crippen molar-refractivity contribution in [3.05, 3.63) is 36.8 Å². The van der Waals surface area contributed by atoms with Gasteiger partial charge in [-0.3, -0.25) is 0 Å². The largest absolute Gasteiger partial charge is 0.497 e. The van der Waals surface area contributed by atoms with E-state index in [0.717, 1.165) is 35.8 Å². The first-order valence-corrected chi connectivity index (χ1v) is 7.08. The van der Waals surface area contributed by atoms with Gasteiger partial charge in [0.25, 0.3) is 0 Å². The van der Waals surface area contributed by atoms with Crippen LogP contribution in [-0.2, 0) is 0 Å². The van der Waals surface area contributed by atoms with Crippen molar-refractivity contribution in [3.8, 4) is 16.9 Å². The molecule has 0 atom stereocenters. The molecule has 0 spiro atoms. The van der Waals surface area contributed by atoms with Crippen molar-refractivity contribution < 1.29 is 4.74 Å². The standard InChI is InChI=1S/C16H19N3O/c1-20-14-7-5-13(6-8-14)15-11-17-12-18-16(15)19-9-3-2-4-10-19/h5-8,11-12H,2-4,9-10H2,1H3. The molecule has 1 saturated heterocycles. The topological polar surface area (TPSA) is 38.3 Å². The lowest BCUT2D eigenvalue weighted by Crippen LogP contribution is -2.30. The number of hydrogen-bond acceptors (Lipinski definition) is 4. The van der Waals surface area contributed by atoms with E-state index in [2.05, 4.69) is 27.0 Å². The molecule has 1 aliphatic heterocycles. The molecular weight excluding hydrogens is 250 g/mol. The summed E-state index contributed by atoms with van der Waals surface area (Å²) in [4.78, 5) is 11.1. The van der Waals surface area contributed by atoms with E-state index in [4.69, 9.17) is 4.74 Å². The number of ether oxygens (including phenoxy) is 1. The normalized spacial score (nSPS) is 15.2. The number of hydrogen-bond donors (Lipinski definition) is 0. The van der Waals surface area contributed by atoms with Crippen LogP contribution in [0.3, 0.4) is 0 Å². The summed E-state index contributed by atoms with van der Waals surface area (Å²) in [7, 11) is 1.68. The van der Waals surface area contributed by atoms with Crippen molar-refractivity contribution in [2.75, 3.05) is 25.1 Å². The van der Waals surface area contributed by atoms with Crippen molar-refractivity contribution in [2.24, 2.45) is 0 Å². The average molecular weight is 269 g/mol. The number of rotatable bonds is 3. The lowest BCUT2D eigenvalue weighted by atomic mass is 10.1. The first-order valence-electron chi connectivity index (χ1n) is 7.08. The second-order valence-electron chi connectivity index (χ2n) is 5.04. The summed E-state index contributed by atoms with van der Waals surface area (Å²) >= 11 is 0. The highest BCUT2D eigenvalue weighted by Crippen LogP contribution is 2.30. The zero-order valence-electron chi connectivity index (χ0n) is 11.7. The number of benzene rings is 1. The van der Waals surface area contributed by atoms with Crippen molar-refractivity contribution in [3.63, 3.8) is 0 Å². The minimum Gasteiger partial charge on any atom is -0.497 e. The van der Waals surface area contributed by atoms with Crippen LogP contribution in [0.4, 0.5) is 5.82 Å². The lowest BCUT2D eigenvalue weighted by molar-refractivity contribution is 0.415. The third-order valence-electron chi connectivity index (χ3n) is 3.75.